The van der Waals surface area contributed by atoms with Crippen LogP contribution in [0.5, 0.6) is 0 Å². The summed E-state index contributed by atoms with van der Waals surface area (Å²) in [6, 6.07) is 0.240. The fraction of sp³-hybridized carbons (Fsp3) is 0.526. The van der Waals surface area contributed by atoms with Crippen LogP contribution in [-0.4, -0.2) is 50.9 Å². The van der Waals surface area contributed by atoms with E-state index in [0.29, 0.717) is 19.6 Å². The van der Waals surface area contributed by atoms with E-state index < -0.39 is 0 Å². The fourth-order valence-corrected chi connectivity index (χ4v) is 4.68. The summed E-state index contributed by atoms with van der Waals surface area (Å²) in [5, 5.41) is 6.65. The molecule has 144 valence electrons. The monoisotopic (exact) mass is 387 g/mol. The van der Waals surface area contributed by atoms with E-state index in [1.807, 2.05) is 17.0 Å². The highest BCUT2D eigenvalue weighted by Crippen LogP contribution is 2.28. The van der Waals surface area contributed by atoms with Crippen molar-refractivity contribution in [3.63, 3.8) is 0 Å². The third-order valence-electron chi connectivity index (χ3n) is 5.51. The Labute approximate surface area is 162 Å². The third-order valence-corrected chi connectivity index (χ3v) is 6.26. The van der Waals surface area contributed by atoms with E-state index in [9.17, 15) is 4.79 Å². The van der Waals surface area contributed by atoms with Crippen LogP contribution in [0.15, 0.2) is 16.4 Å². The minimum absolute atomic E-state index is 0.0286. The van der Waals surface area contributed by atoms with Gasteiger partial charge in [-0.3, -0.25) is 18.8 Å². The van der Waals surface area contributed by atoms with Crippen molar-refractivity contribution in [2.75, 3.05) is 26.8 Å². The molecule has 1 saturated heterocycles. The number of thiazole rings is 1. The molecule has 1 aliphatic rings. The van der Waals surface area contributed by atoms with Gasteiger partial charge < -0.3 is 4.74 Å². The molecule has 3 aromatic rings. The Morgan fingerprint density at radius 2 is 2.11 bits per heavy atom. The molecule has 0 saturated carbocycles. The van der Waals surface area contributed by atoms with Crippen LogP contribution in [0.4, 0.5) is 0 Å². The van der Waals surface area contributed by atoms with E-state index in [4.69, 9.17) is 9.84 Å². The normalized spacial score (nSPS) is 18.4. The molecule has 1 aliphatic heterocycles. The Morgan fingerprint density at radius 1 is 1.30 bits per heavy atom. The number of likely N-dealkylation sites (N-methyl/N-ethyl adjacent to an activating group) is 1. The van der Waals surface area contributed by atoms with E-state index in [-0.39, 0.29) is 11.6 Å². The second-order valence-corrected chi connectivity index (χ2v) is 8.04. The first-order chi connectivity index (χ1) is 13.0. The van der Waals surface area contributed by atoms with Crippen LogP contribution >= 0.6 is 11.3 Å². The lowest BCUT2D eigenvalue weighted by molar-refractivity contribution is 0.00456. The summed E-state index contributed by atoms with van der Waals surface area (Å²) in [6.07, 6.45) is 2.41. The summed E-state index contributed by atoms with van der Waals surface area (Å²) < 4.78 is 9.35. The summed E-state index contributed by atoms with van der Waals surface area (Å²) in [5.41, 5.74) is 5.03. The van der Waals surface area contributed by atoms with E-state index in [1.165, 1.54) is 16.9 Å². The summed E-state index contributed by atoms with van der Waals surface area (Å²) >= 11 is 1.48. The highest BCUT2D eigenvalue weighted by atomic mass is 32.1. The lowest BCUT2D eigenvalue weighted by Crippen LogP contribution is -2.37. The first-order valence-electron chi connectivity index (χ1n) is 9.24. The number of nitrogens with zero attached hydrogens (tertiary/aromatic N) is 5. The Balaban J connectivity index is 1.61. The summed E-state index contributed by atoms with van der Waals surface area (Å²) in [5.74, 6) is 0. The highest BCUT2D eigenvalue weighted by Gasteiger charge is 2.27. The second-order valence-electron chi connectivity index (χ2n) is 7.17. The predicted molar refractivity (Wildman–Crippen MR) is 106 cm³/mol. The van der Waals surface area contributed by atoms with Gasteiger partial charge in [-0.05, 0) is 34.2 Å². The fourth-order valence-electron chi connectivity index (χ4n) is 3.93. The van der Waals surface area contributed by atoms with Gasteiger partial charge in [-0.15, -0.1) is 11.3 Å². The molecule has 0 bridgehead atoms. The van der Waals surface area contributed by atoms with Crippen LogP contribution in [0, 0.1) is 20.8 Å². The average Bonchev–Trinajstić information content (AvgIpc) is 3.20. The Kier molecular flexibility index (Phi) is 4.88. The Morgan fingerprint density at radius 3 is 2.89 bits per heavy atom. The molecule has 8 heteroatoms. The molecule has 1 atom stereocenters. The largest absolute Gasteiger partial charge is 0.378 e. The van der Waals surface area contributed by atoms with Crippen LogP contribution in [0.2, 0.25) is 0 Å². The molecule has 0 radical (unpaired) electrons. The van der Waals surface area contributed by atoms with Crippen molar-refractivity contribution in [3.05, 3.63) is 50.1 Å². The van der Waals surface area contributed by atoms with Crippen LogP contribution in [0.3, 0.4) is 0 Å². The molecule has 1 unspecified atom stereocenters. The van der Waals surface area contributed by atoms with Gasteiger partial charge in [-0.25, -0.2) is 4.98 Å². The van der Waals surface area contributed by atoms with Crippen molar-refractivity contribution in [3.8, 4) is 0 Å². The van der Waals surface area contributed by atoms with Crippen molar-refractivity contribution < 1.29 is 4.74 Å². The number of ether oxygens (including phenoxy) is 1. The van der Waals surface area contributed by atoms with E-state index in [1.54, 1.807) is 10.6 Å². The number of fused-ring (bicyclic) bond motifs is 1. The van der Waals surface area contributed by atoms with Gasteiger partial charge >= 0.3 is 0 Å². The van der Waals surface area contributed by atoms with Gasteiger partial charge in [-0.2, -0.15) is 5.10 Å². The molecule has 0 aromatic carbocycles. The number of hydrogen-bond acceptors (Lipinski definition) is 6. The van der Waals surface area contributed by atoms with Crippen LogP contribution < -0.4 is 5.56 Å². The van der Waals surface area contributed by atoms with Gasteiger partial charge in [0.15, 0.2) is 4.96 Å². The van der Waals surface area contributed by atoms with Gasteiger partial charge in [0.1, 0.15) is 0 Å². The molecule has 4 rings (SSSR count). The molecule has 27 heavy (non-hydrogen) atoms. The Bertz CT molecular complexity index is 1030. The quantitative estimate of drug-likeness (QED) is 0.686. The molecule has 0 aliphatic carbocycles. The molecule has 0 N–H and O–H groups in total. The minimum Gasteiger partial charge on any atom is -0.378 e. The number of rotatable bonds is 4. The smallest absolute Gasteiger partial charge is 0.262 e. The number of hydrogen-bond donors (Lipinski definition) is 0. The van der Waals surface area contributed by atoms with Crippen molar-refractivity contribution in [2.24, 2.45) is 0 Å². The van der Waals surface area contributed by atoms with Crippen molar-refractivity contribution in [1.82, 2.24) is 24.1 Å². The molecular weight excluding hydrogens is 362 g/mol. The molecule has 7 nitrogen and oxygen atoms in total. The maximum atomic E-state index is 12.8. The lowest BCUT2D eigenvalue weighted by atomic mass is 10.0. The standard InChI is InChI=1S/C19H25N5O2S/c1-12-15(18(25)23-8-10-27-19(23)20-12)5-6-24-14(3)17(13(2)21-24)16-11-26-9-7-22(16)4/h8,10,16H,5-7,9,11H2,1-4H3. The number of aryl methyl sites for hydroxylation is 3. The zero-order chi connectivity index (χ0) is 19.1. The topological polar surface area (TPSA) is 64.7 Å². The van der Waals surface area contributed by atoms with Crippen molar-refractivity contribution in [2.45, 2.75) is 39.8 Å². The highest BCUT2D eigenvalue weighted by molar-refractivity contribution is 7.15. The summed E-state index contributed by atoms with van der Waals surface area (Å²) in [7, 11) is 2.13. The average molecular weight is 388 g/mol. The van der Waals surface area contributed by atoms with Crippen molar-refractivity contribution in [1.29, 1.82) is 0 Å². The molecule has 4 heterocycles. The van der Waals surface area contributed by atoms with Gasteiger partial charge in [0.2, 0.25) is 0 Å². The minimum atomic E-state index is 0.0286. The van der Waals surface area contributed by atoms with E-state index >= 15 is 0 Å². The zero-order valence-electron chi connectivity index (χ0n) is 16.2. The zero-order valence-corrected chi connectivity index (χ0v) is 17.0. The second kappa shape index (κ2) is 7.18. The number of morpholine rings is 1. The van der Waals surface area contributed by atoms with Crippen molar-refractivity contribution >= 4 is 16.3 Å². The van der Waals surface area contributed by atoms with Crippen LogP contribution in [0.1, 0.15) is 34.3 Å². The molecule has 1 fully saturated rings. The summed E-state index contributed by atoms with van der Waals surface area (Å²) in [6.45, 7) is 9.15. The first kappa shape index (κ1) is 18.3. The predicted octanol–water partition coefficient (Wildman–Crippen LogP) is 2.12. The maximum absolute atomic E-state index is 12.8. The number of aromatic nitrogens is 4. The first-order valence-corrected chi connectivity index (χ1v) is 10.1. The molecule has 0 amide bonds. The van der Waals surface area contributed by atoms with E-state index in [2.05, 4.69) is 30.8 Å². The van der Waals surface area contributed by atoms with Gasteiger partial charge in [0.25, 0.3) is 5.56 Å². The lowest BCUT2D eigenvalue weighted by Gasteiger charge is -2.32. The molecular formula is C19H25N5O2S. The molecule has 0 spiro atoms. The third kappa shape index (κ3) is 3.22. The SMILES string of the molecule is Cc1nn(CCc2c(C)nc3sccn3c2=O)c(C)c1C1COCCN1C. The van der Waals surface area contributed by atoms with Gasteiger partial charge in [-0.1, -0.05) is 0 Å². The summed E-state index contributed by atoms with van der Waals surface area (Å²) in [4.78, 5) is 20.4. The van der Waals surface area contributed by atoms with Gasteiger partial charge in [0, 0.05) is 47.2 Å². The van der Waals surface area contributed by atoms with Gasteiger partial charge in [0.05, 0.1) is 24.9 Å². The van der Waals surface area contributed by atoms with Crippen LogP contribution in [-0.2, 0) is 17.7 Å². The van der Waals surface area contributed by atoms with Crippen LogP contribution in [0.25, 0.3) is 4.96 Å². The molecule has 3 aromatic heterocycles. The van der Waals surface area contributed by atoms with E-state index in [0.717, 1.165) is 40.8 Å². The Hall–Kier alpha value is -2.03. The maximum Gasteiger partial charge on any atom is 0.262 e.